The molecule has 3 unspecified atom stereocenters. The molecule has 0 spiro atoms. The van der Waals surface area contributed by atoms with E-state index in [9.17, 15) is 4.79 Å². The number of urea groups is 1. The fraction of sp³-hybridized carbons (Fsp3) is 0.609. The average Bonchev–Trinajstić information content (AvgIpc) is 3.19. The zero-order chi connectivity index (χ0) is 21.0. The monoisotopic (exact) mass is 397 g/mol. The first kappa shape index (κ1) is 21.3. The number of nitrogens with one attached hydrogen (secondary N) is 1. The lowest BCUT2D eigenvalue weighted by Gasteiger charge is -2.38. The lowest BCUT2D eigenvalue weighted by atomic mass is 9.77. The van der Waals surface area contributed by atoms with E-state index in [0.29, 0.717) is 19.0 Å². The van der Waals surface area contributed by atoms with Crippen LogP contribution in [-0.2, 0) is 0 Å². The Labute approximate surface area is 174 Å². The van der Waals surface area contributed by atoms with Crippen molar-refractivity contribution in [2.75, 3.05) is 19.6 Å². The summed E-state index contributed by atoms with van der Waals surface area (Å²) in [6, 6.07) is 10.8. The van der Waals surface area contributed by atoms with E-state index in [4.69, 9.17) is 10.2 Å². The maximum absolute atomic E-state index is 12.5. The fourth-order valence-electron chi connectivity index (χ4n) is 4.15. The normalized spacial score (nSPS) is 20.7. The van der Waals surface area contributed by atoms with Crippen molar-refractivity contribution >= 4 is 6.03 Å². The predicted molar refractivity (Wildman–Crippen MR) is 116 cm³/mol. The van der Waals surface area contributed by atoms with Gasteiger partial charge in [-0.1, -0.05) is 44.2 Å². The Morgan fingerprint density at radius 1 is 1.14 bits per heavy atom. The largest absolute Gasteiger partial charge is 0.338 e. The quantitative estimate of drug-likeness (QED) is 0.770. The van der Waals surface area contributed by atoms with E-state index < -0.39 is 0 Å². The van der Waals surface area contributed by atoms with E-state index in [2.05, 4.69) is 57.3 Å². The van der Waals surface area contributed by atoms with Gasteiger partial charge in [0.2, 0.25) is 0 Å². The molecule has 0 saturated carbocycles. The average molecular weight is 398 g/mol. The van der Waals surface area contributed by atoms with Crippen LogP contribution in [0.4, 0.5) is 4.79 Å². The van der Waals surface area contributed by atoms with Gasteiger partial charge in [-0.3, -0.25) is 0 Å². The maximum Gasteiger partial charge on any atom is 0.317 e. The van der Waals surface area contributed by atoms with Gasteiger partial charge in [-0.05, 0) is 39.2 Å². The second-order valence-electron chi connectivity index (χ2n) is 8.39. The van der Waals surface area contributed by atoms with Gasteiger partial charge in [0.25, 0.3) is 0 Å². The number of aromatic nitrogens is 3. The molecule has 2 heterocycles. The number of amides is 2. The molecule has 1 N–H and O–H groups in total. The number of nitrogens with zero attached hydrogens (tertiary/aromatic N) is 4. The van der Waals surface area contributed by atoms with Crippen molar-refractivity contribution in [2.24, 2.45) is 0 Å². The van der Waals surface area contributed by atoms with Crippen molar-refractivity contribution in [1.29, 1.82) is 0 Å². The molecular formula is C23H35N5O. The molecule has 0 aliphatic carbocycles. The first-order valence-electron chi connectivity index (χ1n) is 11.0. The predicted octanol–water partition coefficient (Wildman–Crippen LogP) is 4.68. The number of piperidine rings is 1. The molecule has 1 fully saturated rings. The van der Waals surface area contributed by atoms with Crippen molar-refractivity contribution in [3.05, 3.63) is 47.3 Å². The van der Waals surface area contributed by atoms with Crippen molar-refractivity contribution in [2.45, 2.75) is 71.3 Å². The van der Waals surface area contributed by atoms with Crippen molar-refractivity contribution < 1.29 is 4.79 Å². The molecule has 6 nitrogen and oxygen atoms in total. The second-order valence-corrected chi connectivity index (χ2v) is 8.39. The summed E-state index contributed by atoms with van der Waals surface area (Å²) in [5.41, 5.74) is 3.51. The van der Waals surface area contributed by atoms with Gasteiger partial charge in [0.05, 0.1) is 17.4 Å². The summed E-state index contributed by atoms with van der Waals surface area (Å²) in [5.74, 6) is 0.850. The number of carbonyl (C=O) groups is 1. The molecule has 2 amide bonds. The van der Waals surface area contributed by atoms with E-state index >= 15 is 0 Å². The Morgan fingerprint density at radius 2 is 1.86 bits per heavy atom. The van der Waals surface area contributed by atoms with Gasteiger partial charge in [0.15, 0.2) is 0 Å². The molecule has 1 aromatic heterocycles. The van der Waals surface area contributed by atoms with Crippen LogP contribution in [-0.4, -0.2) is 45.6 Å². The first-order valence-corrected chi connectivity index (χ1v) is 11.0. The topological polar surface area (TPSA) is 63.1 Å². The fourth-order valence-corrected chi connectivity index (χ4v) is 4.15. The van der Waals surface area contributed by atoms with E-state index in [1.54, 1.807) is 0 Å². The summed E-state index contributed by atoms with van der Waals surface area (Å²) < 4.78 is 0. The van der Waals surface area contributed by atoms with Gasteiger partial charge in [-0.15, -0.1) is 0 Å². The molecule has 1 saturated heterocycles. The van der Waals surface area contributed by atoms with Gasteiger partial charge in [-0.2, -0.15) is 15.0 Å². The molecule has 158 valence electrons. The van der Waals surface area contributed by atoms with E-state index in [-0.39, 0.29) is 23.9 Å². The van der Waals surface area contributed by atoms with Crippen LogP contribution in [0.15, 0.2) is 30.3 Å². The SMILES string of the molecule is CCNC(=O)N1CCC(c2nn(C(C)C)nc2C(C)CC)C(c2ccccc2)C1. The van der Waals surface area contributed by atoms with Crippen molar-refractivity contribution in [1.82, 2.24) is 25.2 Å². The van der Waals surface area contributed by atoms with Crippen LogP contribution in [0.25, 0.3) is 0 Å². The Bertz CT molecular complexity index is 801. The summed E-state index contributed by atoms with van der Waals surface area (Å²) in [5, 5.41) is 12.8. The van der Waals surface area contributed by atoms with Gasteiger partial charge in [0.1, 0.15) is 0 Å². The van der Waals surface area contributed by atoms with Crippen LogP contribution in [0.1, 0.15) is 88.2 Å². The third-order valence-corrected chi connectivity index (χ3v) is 6.03. The molecule has 0 bridgehead atoms. The molecule has 3 rings (SSSR count). The highest BCUT2D eigenvalue weighted by molar-refractivity contribution is 5.74. The summed E-state index contributed by atoms with van der Waals surface area (Å²) >= 11 is 0. The molecule has 29 heavy (non-hydrogen) atoms. The minimum absolute atomic E-state index is 0.0277. The van der Waals surface area contributed by atoms with Gasteiger partial charge >= 0.3 is 6.03 Å². The number of benzene rings is 1. The maximum atomic E-state index is 12.5. The third-order valence-electron chi connectivity index (χ3n) is 6.03. The Balaban J connectivity index is 2.00. The minimum Gasteiger partial charge on any atom is -0.338 e. The molecule has 1 aromatic carbocycles. The molecule has 1 aliphatic heterocycles. The number of likely N-dealkylation sites (tertiary alicyclic amines) is 1. The minimum atomic E-state index is 0.0277. The van der Waals surface area contributed by atoms with Crippen LogP contribution < -0.4 is 5.32 Å². The first-order chi connectivity index (χ1) is 14.0. The summed E-state index contributed by atoms with van der Waals surface area (Å²) in [6.07, 6.45) is 1.94. The Morgan fingerprint density at radius 3 is 2.48 bits per heavy atom. The van der Waals surface area contributed by atoms with Crippen LogP contribution in [0, 0.1) is 0 Å². The van der Waals surface area contributed by atoms with Gasteiger partial charge < -0.3 is 10.2 Å². The van der Waals surface area contributed by atoms with Gasteiger partial charge in [0, 0.05) is 37.4 Å². The molecule has 6 heteroatoms. The zero-order valence-electron chi connectivity index (χ0n) is 18.4. The smallest absolute Gasteiger partial charge is 0.317 e. The lowest BCUT2D eigenvalue weighted by molar-refractivity contribution is 0.172. The Hall–Kier alpha value is -2.37. The molecule has 3 atom stereocenters. The number of rotatable bonds is 6. The standard InChI is InChI=1S/C23H35N5O/c1-6-17(5)21-22(26-28(25-21)16(3)4)19-13-14-27(23(29)24-7-2)15-20(19)18-11-9-8-10-12-18/h8-12,16-17,19-20H,6-7,13-15H2,1-5H3,(H,24,29). The van der Waals surface area contributed by atoms with Crippen LogP contribution >= 0.6 is 0 Å². The zero-order valence-corrected chi connectivity index (χ0v) is 18.4. The third kappa shape index (κ3) is 4.62. The molecule has 1 aliphatic rings. The highest BCUT2D eigenvalue weighted by Crippen LogP contribution is 2.41. The van der Waals surface area contributed by atoms with Crippen molar-refractivity contribution in [3.63, 3.8) is 0 Å². The number of hydrogen-bond acceptors (Lipinski definition) is 3. The molecular weight excluding hydrogens is 362 g/mol. The van der Waals surface area contributed by atoms with Gasteiger partial charge in [-0.25, -0.2) is 4.79 Å². The summed E-state index contributed by atoms with van der Waals surface area (Å²) in [4.78, 5) is 16.3. The van der Waals surface area contributed by atoms with E-state index in [0.717, 1.165) is 30.8 Å². The highest BCUT2D eigenvalue weighted by atomic mass is 16.2. The highest BCUT2D eigenvalue weighted by Gasteiger charge is 2.37. The lowest BCUT2D eigenvalue weighted by Crippen LogP contribution is -2.47. The number of carbonyl (C=O) groups excluding carboxylic acids is 1. The van der Waals surface area contributed by atoms with Crippen LogP contribution in [0.3, 0.4) is 0 Å². The summed E-state index contributed by atoms with van der Waals surface area (Å²) in [7, 11) is 0. The molecule has 0 radical (unpaired) electrons. The Kier molecular flexibility index (Phi) is 6.93. The van der Waals surface area contributed by atoms with Crippen LogP contribution in [0.2, 0.25) is 0 Å². The van der Waals surface area contributed by atoms with Crippen molar-refractivity contribution in [3.8, 4) is 0 Å². The van der Waals surface area contributed by atoms with Crippen LogP contribution in [0.5, 0.6) is 0 Å². The molecule has 2 aromatic rings. The number of hydrogen-bond donors (Lipinski definition) is 1. The van der Waals surface area contributed by atoms with E-state index in [1.807, 2.05) is 22.7 Å². The second kappa shape index (κ2) is 9.42. The summed E-state index contributed by atoms with van der Waals surface area (Å²) in [6.45, 7) is 12.7. The van der Waals surface area contributed by atoms with E-state index in [1.165, 1.54) is 5.56 Å².